The predicted molar refractivity (Wildman–Crippen MR) is 44.3 cm³/mol. The van der Waals surface area contributed by atoms with E-state index in [1.165, 1.54) is 13.0 Å². The predicted octanol–water partition coefficient (Wildman–Crippen LogP) is -0.707. The molecule has 0 aromatic rings. The van der Waals surface area contributed by atoms with Gasteiger partial charge in [-0.25, -0.2) is 13.1 Å². The summed E-state index contributed by atoms with van der Waals surface area (Å²) in [4.78, 5) is 10.4. The highest BCUT2D eigenvalue weighted by Gasteiger charge is 2.21. The summed E-state index contributed by atoms with van der Waals surface area (Å²) in [5, 5.41) is 16.6. The molecule has 7 heteroatoms. The number of hydrogen-bond donors (Lipinski definition) is 2. The van der Waals surface area contributed by atoms with Crippen LogP contribution >= 0.6 is 0 Å². The molecule has 0 rings (SSSR count). The molecule has 0 amide bonds. The van der Waals surface area contributed by atoms with Crippen molar-refractivity contribution in [3.8, 4) is 6.07 Å². The molecule has 0 aliphatic rings. The van der Waals surface area contributed by atoms with Crippen molar-refractivity contribution in [3.63, 3.8) is 0 Å². The third-order valence-corrected chi connectivity index (χ3v) is 2.44. The lowest BCUT2D eigenvalue weighted by molar-refractivity contribution is -0.139. The van der Waals surface area contributed by atoms with E-state index in [2.05, 4.69) is 0 Å². The second-order valence-corrected chi connectivity index (χ2v) is 4.09. The van der Waals surface area contributed by atoms with Gasteiger partial charge in [0.1, 0.15) is 6.04 Å². The number of carbonyl (C=O) groups is 1. The lowest BCUT2D eigenvalue weighted by Crippen LogP contribution is -2.41. The van der Waals surface area contributed by atoms with Gasteiger partial charge >= 0.3 is 5.97 Å². The Morgan fingerprint density at radius 3 is 2.54 bits per heavy atom. The molecular weight excluding hydrogens is 196 g/mol. The molecule has 1 unspecified atom stereocenters. The van der Waals surface area contributed by atoms with Gasteiger partial charge in [-0.2, -0.15) is 5.26 Å². The molecule has 2 N–H and O–H groups in total. The molecule has 0 aliphatic carbocycles. The van der Waals surface area contributed by atoms with Crippen LogP contribution in [-0.2, 0) is 14.8 Å². The van der Waals surface area contributed by atoms with Crippen molar-refractivity contribution in [2.45, 2.75) is 19.4 Å². The molecule has 0 bridgehead atoms. The second kappa shape index (κ2) is 4.79. The summed E-state index contributed by atoms with van der Waals surface area (Å²) in [5.74, 6) is -1.97. The van der Waals surface area contributed by atoms with Crippen molar-refractivity contribution in [3.05, 3.63) is 0 Å². The molecular formula is C6H10N2O4S. The summed E-state index contributed by atoms with van der Waals surface area (Å²) in [6.45, 7) is 1.54. The van der Waals surface area contributed by atoms with Gasteiger partial charge in [-0.1, -0.05) is 6.92 Å². The number of sulfonamides is 1. The SMILES string of the molecule is CCC(NS(=O)(=O)CC#N)C(=O)O. The Morgan fingerprint density at radius 1 is 1.69 bits per heavy atom. The summed E-state index contributed by atoms with van der Waals surface area (Å²) >= 11 is 0. The average Bonchev–Trinajstić information content (AvgIpc) is 1.99. The molecule has 13 heavy (non-hydrogen) atoms. The number of hydrogen-bond acceptors (Lipinski definition) is 4. The molecule has 0 aromatic heterocycles. The zero-order valence-corrected chi connectivity index (χ0v) is 7.84. The molecule has 1 atom stereocenters. The van der Waals surface area contributed by atoms with Crippen molar-refractivity contribution in [2.75, 3.05) is 5.75 Å². The fraction of sp³-hybridized carbons (Fsp3) is 0.667. The van der Waals surface area contributed by atoms with Crippen LogP contribution in [0.5, 0.6) is 0 Å². The van der Waals surface area contributed by atoms with Gasteiger partial charge in [-0.3, -0.25) is 4.79 Å². The maximum absolute atomic E-state index is 10.9. The van der Waals surface area contributed by atoms with E-state index < -0.39 is 27.8 Å². The fourth-order valence-electron chi connectivity index (χ4n) is 0.652. The largest absolute Gasteiger partial charge is 0.480 e. The topological polar surface area (TPSA) is 107 Å². The summed E-state index contributed by atoms with van der Waals surface area (Å²) in [7, 11) is -3.78. The number of aliphatic carboxylic acids is 1. The van der Waals surface area contributed by atoms with Gasteiger partial charge in [0.2, 0.25) is 10.0 Å². The Labute approximate surface area is 76.2 Å². The molecule has 0 saturated heterocycles. The third-order valence-electron chi connectivity index (χ3n) is 1.28. The standard InChI is InChI=1S/C6H10N2O4S/c1-2-5(6(9)10)8-13(11,12)4-3-7/h5,8H,2,4H2,1H3,(H,9,10). The van der Waals surface area contributed by atoms with Crippen LogP contribution in [-0.4, -0.2) is 31.3 Å². The first kappa shape index (κ1) is 11.9. The molecule has 0 spiro atoms. The van der Waals surface area contributed by atoms with Crippen LogP contribution in [0.25, 0.3) is 0 Å². The lowest BCUT2D eigenvalue weighted by Gasteiger charge is -2.10. The Hall–Kier alpha value is -1.13. The van der Waals surface area contributed by atoms with E-state index in [-0.39, 0.29) is 6.42 Å². The van der Waals surface area contributed by atoms with Crippen molar-refractivity contribution in [1.29, 1.82) is 5.26 Å². The molecule has 0 heterocycles. The molecule has 0 radical (unpaired) electrons. The van der Waals surface area contributed by atoms with E-state index in [1.807, 2.05) is 4.72 Å². The van der Waals surface area contributed by atoms with Crippen LogP contribution in [0.3, 0.4) is 0 Å². The quantitative estimate of drug-likeness (QED) is 0.618. The van der Waals surface area contributed by atoms with Gasteiger partial charge in [0.05, 0.1) is 6.07 Å². The van der Waals surface area contributed by atoms with E-state index in [1.54, 1.807) is 0 Å². The van der Waals surface area contributed by atoms with Crippen LogP contribution in [0, 0.1) is 11.3 Å². The van der Waals surface area contributed by atoms with Gasteiger partial charge in [0.25, 0.3) is 0 Å². The normalized spacial score (nSPS) is 13.2. The maximum Gasteiger partial charge on any atom is 0.321 e. The zero-order valence-electron chi connectivity index (χ0n) is 7.02. The highest BCUT2D eigenvalue weighted by Crippen LogP contribution is 1.94. The molecule has 0 aliphatic heterocycles. The second-order valence-electron chi connectivity index (χ2n) is 2.33. The molecule has 6 nitrogen and oxygen atoms in total. The first-order valence-corrected chi connectivity index (χ1v) is 5.18. The van der Waals surface area contributed by atoms with Crippen LogP contribution in [0.15, 0.2) is 0 Å². The number of nitriles is 1. The molecule has 0 fully saturated rings. The van der Waals surface area contributed by atoms with Crippen LogP contribution < -0.4 is 4.72 Å². The Morgan fingerprint density at radius 2 is 2.23 bits per heavy atom. The number of carboxylic acid groups (broad SMARTS) is 1. The highest BCUT2D eigenvalue weighted by molar-refractivity contribution is 7.89. The Bertz CT molecular complexity index is 316. The number of nitrogens with one attached hydrogen (secondary N) is 1. The van der Waals surface area contributed by atoms with Gasteiger partial charge in [-0.15, -0.1) is 0 Å². The van der Waals surface area contributed by atoms with Crippen LogP contribution in [0.4, 0.5) is 0 Å². The van der Waals surface area contributed by atoms with E-state index >= 15 is 0 Å². The Balaban J connectivity index is 4.42. The molecule has 0 saturated carbocycles. The van der Waals surface area contributed by atoms with Crippen molar-refractivity contribution in [2.24, 2.45) is 0 Å². The number of carboxylic acids is 1. The monoisotopic (exact) mass is 206 g/mol. The van der Waals surface area contributed by atoms with Gasteiger partial charge in [0, 0.05) is 0 Å². The van der Waals surface area contributed by atoms with Crippen molar-refractivity contribution in [1.82, 2.24) is 4.72 Å². The number of rotatable bonds is 5. The number of nitrogens with zero attached hydrogens (tertiary/aromatic N) is 1. The van der Waals surface area contributed by atoms with Crippen LogP contribution in [0.1, 0.15) is 13.3 Å². The average molecular weight is 206 g/mol. The van der Waals surface area contributed by atoms with E-state index in [4.69, 9.17) is 10.4 Å². The fourth-order valence-corrected chi connectivity index (χ4v) is 1.61. The summed E-state index contributed by atoms with van der Waals surface area (Å²) in [6, 6.07) is 0.279. The minimum Gasteiger partial charge on any atom is -0.480 e. The van der Waals surface area contributed by atoms with Crippen LogP contribution in [0.2, 0.25) is 0 Å². The zero-order chi connectivity index (χ0) is 10.5. The smallest absolute Gasteiger partial charge is 0.321 e. The summed E-state index contributed by atoms with van der Waals surface area (Å²) in [6.07, 6.45) is 0.139. The van der Waals surface area contributed by atoms with Gasteiger partial charge in [0.15, 0.2) is 5.75 Å². The van der Waals surface area contributed by atoms with Crippen molar-refractivity contribution >= 4 is 16.0 Å². The minimum atomic E-state index is -3.78. The lowest BCUT2D eigenvalue weighted by atomic mass is 10.2. The van der Waals surface area contributed by atoms with E-state index in [9.17, 15) is 13.2 Å². The van der Waals surface area contributed by atoms with E-state index in [0.29, 0.717) is 0 Å². The van der Waals surface area contributed by atoms with E-state index in [0.717, 1.165) is 0 Å². The van der Waals surface area contributed by atoms with Gasteiger partial charge < -0.3 is 5.11 Å². The highest BCUT2D eigenvalue weighted by atomic mass is 32.2. The van der Waals surface area contributed by atoms with Crippen molar-refractivity contribution < 1.29 is 18.3 Å². The summed E-state index contributed by atoms with van der Waals surface area (Å²) in [5.41, 5.74) is 0. The first-order chi connectivity index (χ1) is 5.93. The molecule has 0 aromatic carbocycles. The summed E-state index contributed by atoms with van der Waals surface area (Å²) < 4.78 is 23.7. The maximum atomic E-state index is 10.9. The third kappa shape index (κ3) is 4.45. The first-order valence-electron chi connectivity index (χ1n) is 3.52. The van der Waals surface area contributed by atoms with Gasteiger partial charge in [-0.05, 0) is 6.42 Å². The minimum absolute atomic E-state index is 0.139. The molecule has 74 valence electrons. The Kier molecular flexibility index (Phi) is 4.37.